The van der Waals surface area contributed by atoms with Crippen molar-refractivity contribution < 1.29 is 18.3 Å². The van der Waals surface area contributed by atoms with E-state index in [0.717, 1.165) is 19.3 Å². The van der Waals surface area contributed by atoms with Gasteiger partial charge in [-0.2, -0.15) is 0 Å². The van der Waals surface area contributed by atoms with Crippen LogP contribution in [-0.2, 0) is 14.6 Å². The van der Waals surface area contributed by atoms with Gasteiger partial charge in [-0.1, -0.05) is 19.3 Å². The lowest BCUT2D eigenvalue weighted by Gasteiger charge is -2.38. The highest BCUT2D eigenvalue weighted by Gasteiger charge is 2.55. The minimum absolute atomic E-state index is 0.0361. The van der Waals surface area contributed by atoms with Crippen LogP contribution in [0.4, 0.5) is 5.69 Å². The molecule has 0 radical (unpaired) electrons. The molecule has 1 aromatic rings. The summed E-state index contributed by atoms with van der Waals surface area (Å²) in [7, 11) is -3.75. The standard InChI is InChI=1S/C13H15NO4S/c15-9-4-5-10-11(8-9)19(17,18)13(12(16)14-10)6-2-1-3-7-13/h4-5,8,15H,1-3,6-7H2,(H,14,16). The second kappa shape index (κ2) is 3.96. The number of phenolic OH excluding ortho intramolecular Hbond substituents is 1. The van der Waals surface area contributed by atoms with Crippen LogP contribution in [-0.4, -0.2) is 24.2 Å². The zero-order valence-electron chi connectivity index (χ0n) is 10.3. The summed E-state index contributed by atoms with van der Waals surface area (Å²) in [6.07, 6.45) is 3.14. The number of nitrogens with one attached hydrogen (secondary N) is 1. The Bertz CT molecular complexity index is 645. The summed E-state index contributed by atoms with van der Waals surface area (Å²) in [5.41, 5.74) is 0.263. The van der Waals surface area contributed by atoms with Crippen molar-refractivity contribution in [1.82, 2.24) is 0 Å². The first kappa shape index (κ1) is 12.5. The number of carbonyl (C=O) groups excluding carboxylic acids is 1. The lowest BCUT2D eigenvalue weighted by molar-refractivity contribution is -0.119. The molecule has 6 heteroatoms. The fraction of sp³-hybridized carbons (Fsp3) is 0.462. The van der Waals surface area contributed by atoms with Crippen LogP contribution in [0.1, 0.15) is 32.1 Å². The minimum atomic E-state index is -3.75. The molecule has 1 aliphatic heterocycles. The Morgan fingerprint density at radius 3 is 2.53 bits per heavy atom. The van der Waals surface area contributed by atoms with Gasteiger partial charge in [-0.3, -0.25) is 4.79 Å². The van der Waals surface area contributed by atoms with Crippen LogP contribution in [0.15, 0.2) is 23.1 Å². The molecule has 1 aromatic carbocycles. The quantitative estimate of drug-likeness (QED) is 0.710. The van der Waals surface area contributed by atoms with Gasteiger partial charge in [0.05, 0.1) is 10.6 Å². The van der Waals surface area contributed by atoms with Gasteiger partial charge in [0, 0.05) is 6.07 Å². The fourth-order valence-corrected chi connectivity index (χ4v) is 5.25. The summed E-state index contributed by atoms with van der Waals surface area (Å²) in [6, 6.07) is 4.02. The molecule has 2 aliphatic rings. The van der Waals surface area contributed by atoms with Crippen LogP contribution < -0.4 is 5.32 Å². The van der Waals surface area contributed by atoms with Crippen LogP contribution in [0.3, 0.4) is 0 Å². The van der Waals surface area contributed by atoms with Crippen molar-refractivity contribution in [3.63, 3.8) is 0 Å². The molecule has 0 unspecified atom stereocenters. The molecule has 5 nitrogen and oxygen atoms in total. The van der Waals surface area contributed by atoms with Crippen LogP contribution in [0.5, 0.6) is 5.75 Å². The van der Waals surface area contributed by atoms with Gasteiger partial charge in [0.2, 0.25) is 5.91 Å². The third-order valence-corrected chi connectivity index (χ3v) is 6.63. The molecule has 1 heterocycles. The van der Waals surface area contributed by atoms with Gasteiger partial charge >= 0.3 is 0 Å². The predicted octanol–water partition coefficient (Wildman–Crippen LogP) is 1.82. The zero-order valence-corrected chi connectivity index (χ0v) is 11.2. The van der Waals surface area contributed by atoms with E-state index < -0.39 is 20.5 Å². The number of anilines is 1. The Balaban J connectivity index is 2.23. The van der Waals surface area contributed by atoms with Crippen molar-refractivity contribution in [2.75, 3.05) is 5.32 Å². The number of aromatic hydroxyl groups is 1. The summed E-state index contributed by atoms with van der Waals surface area (Å²) < 4.78 is 24.2. The second-order valence-corrected chi connectivity index (χ2v) is 7.42. The number of carbonyl (C=O) groups is 1. The third-order valence-electron chi connectivity index (χ3n) is 4.09. The van der Waals surface area contributed by atoms with E-state index in [1.54, 1.807) is 0 Å². The summed E-state index contributed by atoms with van der Waals surface area (Å²) in [6.45, 7) is 0. The molecule has 19 heavy (non-hydrogen) atoms. The van der Waals surface area contributed by atoms with Gasteiger partial charge in [0.15, 0.2) is 14.6 Å². The summed E-state index contributed by atoms with van der Waals surface area (Å²) in [5, 5.41) is 12.2. The van der Waals surface area contributed by atoms with Crippen LogP contribution in [0, 0.1) is 0 Å². The molecule has 1 amide bonds. The first-order valence-electron chi connectivity index (χ1n) is 6.36. The van der Waals surface area contributed by atoms with Crippen molar-refractivity contribution in [3.05, 3.63) is 18.2 Å². The Kier molecular flexibility index (Phi) is 2.60. The van der Waals surface area contributed by atoms with Gasteiger partial charge in [0.1, 0.15) is 5.75 Å². The number of phenols is 1. The predicted molar refractivity (Wildman–Crippen MR) is 69.7 cm³/mol. The number of amides is 1. The lowest BCUT2D eigenvalue weighted by Crippen LogP contribution is -2.53. The van der Waals surface area contributed by atoms with E-state index in [2.05, 4.69) is 5.32 Å². The smallest absolute Gasteiger partial charge is 0.246 e. The fourth-order valence-electron chi connectivity index (χ4n) is 3.02. The van der Waals surface area contributed by atoms with Crippen LogP contribution >= 0.6 is 0 Å². The average Bonchev–Trinajstić information content (AvgIpc) is 2.40. The van der Waals surface area contributed by atoms with E-state index in [9.17, 15) is 18.3 Å². The SMILES string of the molecule is O=C1Nc2ccc(O)cc2S(=O)(=O)C12CCCCC2. The van der Waals surface area contributed by atoms with Crippen LogP contribution in [0.2, 0.25) is 0 Å². The molecule has 0 atom stereocenters. The third kappa shape index (κ3) is 1.59. The molecule has 0 bridgehead atoms. The Labute approximate surface area is 111 Å². The summed E-state index contributed by atoms with van der Waals surface area (Å²) in [4.78, 5) is 12.3. The normalized spacial score (nSPS) is 23.7. The maximum atomic E-state index is 12.8. The van der Waals surface area contributed by atoms with Gasteiger partial charge in [-0.15, -0.1) is 0 Å². The lowest BCUT2D eigenvalue weighted by atomic mass is 9.87. The van der Waals surface area contributed by atoms with E-state index in [1.807, 2.05) is 0 Å². The molecule has 1 spiro atoms. The first-order valence-corrected chi connectivity index (χ1v) is 7.85. The van der Waals surface area contributed by atoms with Crippen molar-refractivity contribution >= 4 is 21.4 Å². The van der Waals surface area contributed by atoms with Gasteiger partial charge in [-0.25, -0.2) is 8.42 Å². The molecular formula is C13H15NO4S. The average molecular weight is 281 g/mol. The maximum Gasteiger partial charge on any atom is 0.246 e. The molecule has 1 saturated carbocycles. The Morgan fingerprint density at radius 1 is 1.16 bits per heavy atom. The highest BCUT2D eigenvalue weighted by Crippen LogP contribution is 2.45. The monoisotopic (exact) mass is 281 g/mol. The topological polar surface area (TPSA) is 83.5 Å². The highest BCUT2D eigenvalue weighted by molar-refractivity contribution is 7.94. The number of hydrogen-bond donors (Lipinski definition) is 2. The molecule has 1 aliphatic carbocycles. The minimum Gasteiger partial charge on any atom is -0.508 e. The first-order chi connectivity index (χ1) is 8.97. The van der Waals surface area contributed by atoms with Crippen molar-refractivity contribution in [2.24, 2.45) is 0 Å². The summed E-state index contributed by atoms with van der Waals surface area (Å²) >= 11 is 0. The number of benzene rings is 1. The van der Waals surface area contributed by atoms with Crippen LogP contribution in [0.25, 0.3) is 0 Å². The number of hydrogen-bond acceptors (Lipinski definition) is 4. The van der Waals surface area contributed by atoms with Gasteiger partial charge < -0.3 is 10.4 Å². The molecule has 102 valence electrons. The van der Waals surface area contributed by atoms with E-state index in [1.165, 1.54) is 18.2 Å². The second-order valence-electron chi connectivity index (χ2n) is 5.19. The molecular weight excluding hydrogens is 266 g/mol. The van der Waals surface area contributed by atoms with Crippen molar-refractivity contribution in [2.45, 2.75) is 41.7 Å². The zero-order chi connectivity index (χ0) is 13.7. The van der Waals surface area contributed by atoms with E-state index >= 15 is 0 Å². The van der Waals surface area contributed by atoms with Crippen molar-refractivity contribution in [1.29, 1.82) is 0 Å². The van der Waals surface area contributed by atoms with Crippen molar-refractivity contribution in [3.8, 4) is 5.75 Å². The highest BCUT2D eigenvalue weighted by atomic mass is 32.2. The molecule has 0 aromatic heterocycles. The summed E-state index contributed by atoms with van der Waals surface area (Å²) in [5.74, 6) is -0.533. The number of rotatable bonds is 0. The molecule has 0 saturated heterocycles. The van der Waals surface area contributed by atoms with E-state index in [4.69, 9.17) is 0 Å². The van der Waals surface area contributed by atoms with Gasteiger partial charge in [-0.05, 0) is 25.0 Å². The number of fused-ring (bicyclic) bond motifs is 1. The maximum absolute atomic E-state index is 12.8. The van der Waals surface area contributed by atoms with Gasteiger partial charge in [0.25, 0.3) is 0 Å². The van der Waals surface area contributed by atoms with E-state index in [0.29, 0.717) is 12.8 Å². The Morgan fingerprint density at radius 2 is 1.84 bits per heavy atom. The molecule has 2 N–H and O–H groups in total. The largest absolute Gasteiger partial charge is 0.508 e. The molecule has 1 fully saturated rings. The molecule has 3 rings (SSSR count). The Hall–Kier alpha value is -1.56. The number of sulfone groups is 1. The van der Waals surface area contributed by atoms with E-state index in [-0.39, 0.29) is 16.3 Å².